The largest absolute Gasteiger partial charge is 0.507 e. The van der Waals surface area contributed by atoms with E-state index in [9.17, 15) is 24.3 Å². The number of hydrogen-bond acceptors (Lipinski definition) is 7. The molecule has 11 heteroatoms. The maximum Gasteiger partial charge on any atom is 0.349 e. The van der Waals surface area contributed by atoms with Gasteiger partial charge in [0.15, 0.2) is 5.78 Å². The van der Waals surface area contributed by atoms with Crippen molar-refractivity contribution < 1.29 is 19.4 Å². The Morgan fingerprint density at radius 1 is 1.05 bits per heavy atom. The quantitative estimate of drug-likeness (QED) is 0.292. The molecule has 1 heterocycles. The summed E-state index contributed by atoms with van der Waals surface area (Å²) in [4.78, 5) is 51.8. The Labute approximate surface area is 218 Å². The highest BCUT2D eigenvalue weighted by Crippen LogP contribution is 2.34. The van der Waals surface area contributed by atoms with Crippen molar-refractivity contribution in [2.45, 2.75) is 13.8 Å². The summed E-state index contributed by atoms with van der Waals surface area (Å²) in [7, 11) is 0. The Balaban J connectivity index is 1.60. The number of carbonyl (C=O) groups excluding carboxylic acids is 2. The summed E-state index contributed by atoms with van der Waals surface area (Å²) in [6.45, 7) is 3.18. The predicted molar refractivity (Wildman–Crippen MR) is 139 cm³/mol. The molecule has 1 amide bonds. The second kappa shape index (κ2) is 10.6. The van der Waals surface area contributed by atoms with E-state index in [1.807, 2.05) is 0 Å². The van der Waals surface area contributed by atoms with Gasteiger partial charge < -0.3 is 15.2 Å². The molecule has 188 valence electrons. The number of phenols is 1. The number of H-pyrrole nitrogens is 1. The van der Waals surface area contributed by atoms with E-state index >= 15 is 0 Å². The van der Waals surface area contributed by atoms with Gasteiger partial charge >= 0.3 is 5.69 Å². The van der Waals surface area contributed by atoms with Crippen LogP contribution < -0.4 is 21.3 Å². The number of hydrogen-bond donors (Lipinski definition) is 3. The standard InChI is InChI=1S/C26H21BrN4O6/c1-14-10-17(11-15(2)23(14)37-18-8-9-20(32)19(27)12-18)31-26(36)29-25(35)22(30-31)24(34)28-13-21(33)16-6-4-3-5-7-16/h3-12,32H,13H2,1-2H3,(H,28,34)(H,29,35,36). The van der Waals surface area contributed by atoms with Crippen molar-refractivity contribution in [2.75, 3.05) is 6.54 Å². The molecule has 10 nitrogen and oxygen atoms in total. The first-order chi connectivity index (χ1) is 17.6. The zero-order valence-corrected chi connectivity index (χ0v) is 21.3. The number of nitrogens with one attached hydrogen (secondary N) is 2. The van der Waals surface area contributed by atoms with Crippen LogP contribution >= 0.6 is 15.9 Å². The number of aromatic amines is 1. The Bertz CT molecular complexity index is 1610. The third-order valence-corrected chi connectivity index (χ3v) is 6.01. The lowest BCUT2D eigenvalue weighted by molar-refractivity contribution is 0.0898. The molecule has 0 aliphatic carbocycles. The van der Waals surface area contributed by atoms with Crippen LogP contribution in [0.1, 0.15) is 32.0 Å². The van der Waals surface area contributed by atoms with Crippen LogP contribution in [0.5, 0.6) is 17.2 Å². The number of ketones is 1. The number of nitrogens with zero attached hydrogens (tertiary/aromatic N) is 2. The lowest BCUT2D eigenvalue weighted by Crippen LogP contribution is -2.40. The molecule has 4 aromatic rings. The lowest BCUT2D eigenvalue weighted by atomic mass is 10.1. The molecule has 3 aromatic carbocycles. The number of aryl methyl sites for hydroxylation is 2. The maximum absolute atomic E-state index is 12.6. The van der Waals surface area contributed by atoms with Crippen LogP contribution in [-0.4, -0.2) is 38.1 Å². The van der Waals surface area contributed by atoms with Crippen LogP contribution in [-0.2, 0) is 0 Å². The van der Waals surface area contributed by atoms with E-state index < -0.39 is 22.9 Å². The van der Waals surface area contributed by atoms with Gasteiger partial charge in [0, 0.05) is 5.56 Å². The van der Waals surface area contributed by atoms with E-state index in [2.05, 4.69) is 31.3 Å². The molecule has 0 atom stereocenters. The van der Waals surface area contributed by atoms with Crippen molar-refractivity contribution in [3.05, 3.63) is 108 Å². The third-order valence-electron chi connectivity index (χ3n) is 5.38. The number of amides is 1. The van der Waals surface area contributed by atoms with Crippen molar-refractivity contribution in [1.82, 2.24) is 20.1 Å². The van der Waals surface area contributed by atoms with Gasteiger partial charge in [0.05, 0.1) is 16.7 Å². The minimum absolute atomic E-state index is 0.0731. The number of benzene rings is 3. The van der Waals surface area contributed by atoms with E-state index in [1.165, 1.54) is 6.07 Å². The number of Topliss-reactive ketones (excluding diaryl/α,β-unsaturated/α-hetero) is 1. The fourth-order valence-electron chi connectivity index (χ4n) is 3.57. The molecule has 0 saturated heterocycles. The molecular formula is C26H21BrN4O6. The normalized spacial score (nSPS) is 10.7. The third kappa shape index (κ3) is 5.67. The highest BCUT2D eigenvalue weighted by molar-refractivity contribution is 9.10. The summed E-state index contributed by atoms with van der Waals surface area (Å²) in [5.41, 5.74) is -0.372. The molecule has 37 heavy (non-hydrogen) atoms. The lowest BCUT2D eigenvalue weighted by Gasteiger charge is -2.15. The molecule has 0 unspecified atom stereocenters. The number of aromatic hydroxyl groups is 1. The van der Waals surface area contributed by atoms with Crippen LogP contribution in [0, 0.1) is 13.8 Å². The summed E-state index contributed by atoms with van der Waals surface area (Å²) >= 11 is 3.24. The van der Waals surface area contributed by atoms with Crippen molar-refractivity contribution in [2.24, 2.45) is 0 Å². The molecular weight excluding hydrogens is 544 g/mol. The van der Waals surface area contributed by atoms with Crippen LogP contribution in [0.15, 0.2) is 74.7 Å². The zero-order chi connectivity index (χ0) is 26.7. The van der Waals surface area contributed by atoms with Gasteiger partial charge in [-0.3, -0.25) is 19.4 Å². The topological polar surface area (TPSA) is 143 Å². The molecule has 4 rings (SSSR count). The molecule has 1 aromatic heterocycles. The van der Waals surface area contributed by atoms with E-state index in [-0.39, 0.29) is 18.1 Å². The summed E-state index contributed by atoms with van der Waals surface area (Å²) < 4.78 is 7.33. The van der Waals surface area contributed by atoms with Gasteiger partial charge in [0.2, 0.25) is 5.69 Å². The van der Waals surface area contributed by atoms with Crippen molar-refractivity contribution in [3.8, 4) is 22.9 Å². The fraction of sp³-hybridized carbons (Fsp3) is 0.115. The zero-order valence-electron chi connectivity index (χ0n) is 19.7. The van der Waals surface area contributed by atoms with Gasteiger partial charge in [-0.15, -0.1) is 0 Å². The van der Waals surface area contributed by atoms with Crippen LogP contribution in [0.2, 0.25) is 0 Å². The summed E-state index contributed by atoms with van der Waals surface area (Å²) in [6.07, 6.45) is 0. The SMILES string of the molecule is Cc1cc(-n2nc(C(=O)NCC(=O)c3ccccc3)c(=O)[nH]c2=O)cc(C)c1Oc1ccc(O)c(Br)c1. The Morgan fingerprint density at radius 2 is 1.73 bits per heavy atom. The average Bonchev–Trinajstić information content (AvgIpc) is 2.87. The summed E-state index contributed by atoms with van der Waals surface area (Å²) in [5, 5.41) is 16.0. The predicted octanol–water partition coefficient (Wildman–Crippen LogP) is 3.41. The first-order valence-corrected chi connectivity index (χ1v) is 11.8. The van der Waals surface area contributed by atoms with Crippen LogP contribution in [0.4, 0.5) is 0 Å². The first kappa shape index (κ1) is 25.6. The van der Waals surface area contributed by atoms with E-state index in [0.717, 1.165) is 4.68 Å². The van der Waals surface area contributed by atoms with E-state index in [4.69, 9.17) is 4.74 Å². The molecule has 0 aliphatic heterocycles. The molecule has 0 saturated carbocycles. The Morgan fingerprint density at radius 3 is 2.38 bits per heavy atom. The average molecular weight is 565 g/mol. The van der Waals surface area contributed by atoms with Gasteiger partial charge in [0.25, 0.3) is 11.5 Å². The molecule has 0 fully saturated rings. The summed E-state index contributed by atoms with van der Waals surface area (Å²) in [5.74, 6) is -0.168. The van der Waals surface area contributed by atoms with Crippen molar-refractivity contribution in [1.29, 1.82) is 0 Å². The molecule has 0 spiro atoms. The van der Waals surface area contributed by atoms with Gasteiger partial charge in [0.1, 0.15) is 17.2 Å². The number of phenolic OH excluding ortho intramolecular Hbond substituents is 1. The summed E-state index contributed by atoms with van der Waals surface area (Å²) in [6, 6.07) is 16.3. The van der Waals surface area contributed by atoms with E-state index in [0.29, 0.717) is 38.3 Å². The van der Waals surface area contributed by atoms with Crippen molar-refractivity contribution in [3.63, 3.8) is 0 Å². The van der Waals surface area contributed by atoms with Gasteiger partial charge in [-0.1, -0.05) is 30.3 Å². The molecule has 3 N–H and O–H groups in total. The second-order valence-corrected chi connectivity index (χ2v) is 8.97. The van der Waals surface area contributed by atoms with E-state index in [1.54, 1.807) is 68.4 Å². The molecule has 0 bridgehead atoms. The Hall–Kier alpha value is -4.51. The fourth-order valence-corrected chi connectivity index (χ4v) is 3.93. The first-order valence-electron chi connectivity index (χ1n) is 11.0. The Kier molecular flexibility index (Phi) is 7.35. The van der Waals surface area contributed by atoms with Crippen LogP contribution in [0.3, 0.4) is 0 Å². The highest BCUT2D eigenvalue weighted by atomic mass is 79.9. The number of carbonyl (C=O) groups is 2. The van der Waals surface area contributed by atoms with Crippen molar-refractivity contribution >= 4 is 27.6 Å². The highest BCUT2D eigenvalue weighted by Gasteiger charge is 2.19. The minimum Gasteiger partial charge on any atom is -0.507 e. The van der Waals surface area contributed by atoms with Gasteiger partial charge in [-0.05, 0) is 71.2 Å². The molecule has 0 radical (unpaired) electrons. The number of aromatic nitrogens is 3. The minimum atomic E-state index is -0.975. The maximum atomic E-state index is 12.6. The van der Waals surface area contributed by atoms with Gasteiger partial charge in [-0.2, -0.15) is 9.78 Å². The number of rotatable bonds is 7. The second-order valence-electron chi connectivity index (χ2n) is 8.12. The number of ether oxygens (including phenoxy) is 1. The molecule has 0 aliphatic rings. The number of halogens is 1. The van der Waals surface area contributed by atoms with Crippen LogP contribution in [0.25, 0.3) is 5.69 Å². The monoisotopic (exact) mass is 564 g/mol. The smallest absolute Gasteiger partial charge is 0.349 e. The van der Waals surface area contributed by atoms with Gasteiger partial charge in [-0.25, -0.2) is 4.79 Å².